The maximum atomic E-state index is 13.3. The van der Waals surface area contributed by atoms with Crippen molar-refractivity contribution in [1.82, 2.24) is 14.8 Å². The minimum atomic E-state index is -4.38. The van der Waals surface area contributed by atoms with Crippen molar-refractivity contribution in [3.05, 3.63) is 41.4 Å². The standard InChI is InChI=1S/C20H20F3N3O2/c21-20(22,23)16-1-2-17-15(16)7-13(9-24-17)18-8-19(12-3-5-27-10-12)26(25-18)14-4-6-28-11-14/h1,7-9,12,14H,2-6,10-11H2/t12-,14-/m0/s1. The molecule has 2 saturated heterocycles. The molecule has 8 heteroatoms. The van der Waals surface area contributed by atoms with Gasteiger partial charge in [0, 0.05) is 48.6 Å². The number of ether oxygens (including phenoxy) is 2. The third kappa shape index (κ3) is 3.04. The van der Waals surface area contributed by atoms with Crippen LogP contribution >= 0.6 is 0 Å². The summed E-state index contributed by atoms with van der Waals surface area (Å²) in [6, 6.07) is 3.70. The van der Waals surface area contributed by atoms with E-state index in [0.717, 1.165) is 18.5 Å². The highest BCUT2D eigenvalue weighted by atomic mass is 19.4. The van der Waals surface area contributed by atoms with E-state index in [9.17, 15) is 13.2 Å². The Labute approximate surface area is 160 Å². The van der Waals surface area contributed by atoms with Crippen LogP contribution in [0.4, 0.5) is 13.2 Å². The summed E-state index contributed by atoms with van der Waals surface area (Å²) in [4.78, 5) is 4.28. The summed E-state index contributed by atoms with van der Waals surface area (Å²) < 4.78 is 53.0. The van der Waals surface area contributed by atoms with Gasteiger partial charge >= 0.3 is 6.18 Å². The zero-order valence-corrected chi connectivity index (χ0v) is 15.2. The highest BCUT2D eigenvalue weighted by Gasteiger charge is 2.38. The first-order valence-corrected chi connectivity index (χ1v) is 9.52. The van der Waals surface area contributed by atoms with Gasteiger partial charge in [-0.15, -0.1) is 0 Å². The van der Waals surface area contributed by atoms with Crippen molar-refractivity contribution in [2.75, 3.05) is 26.4 Å². The van der Waals surface area contributed by atoms with E-state index in [1.807, 2.05) is 10.7 Å². The topological polar surface area (TPSA) is 49.2 Å². The second-order valence-corrected chi connectivity index (χ2v) is 7.51. The van der Waals surface area contributed by atoms with Gasteiger partial charge in [0.15, 0.2) is 0 Å². The van der Waals surface area contributed by atoms with Crippen LogP contribution in [-0.2, 0) is 15.9 Å². The Bertz CT molecular complexity index is 890. The quantitative estimate of drug-likeness (QED) is 0.796. The van der Waals surface area contributed by atoms with Crippen molar-refractivity contribution in [2.45, 2.75) is 37.4 Å². The molecule has 2 aliphatic heterocycles. The van der Waals surface area contributed by atoms with Crippen LogP contribution in [0.3, 0.4) is 0 Å². The normalized spacial score (nSPS) is 24.6. The molecule has 5 nitrogen and oxygen atoms in total. The molecule has 0 amide bonds. The first-order chi connectivity index (χ1) is 13.5. The van der Waals surface area contributed by atoms with Crippen LogP contribution in [0.2, 0.25) is 0 Å². The van der Waals surface area contributed by atoms with Crippen LogP contribution in [-0.4, -0.2) is 47.4 Å². The molecule has 5 rings (SSSR count). The molecular weight excluding hydrogens is 371 g/mol. The Balaban J connectivity index is 1.55. The maximum Gasteiger partial charge on any atom is 0.416 e. The number of alkyl halides is 3. The molecule has 28 heavy (non-hydrogen) atoms. The average Bonchev–Trinajstić information content (AvgIpc) is 3.46. The summed E-state index contributed by atoms with van der Waals surface area (Å²) in [5, 5.41) is 4.76. The van der Waals surface area contributed by atoms with Gasteiger partial charge in [0.2, 0.25) is 0 Å². The fourth-order valence-electron chi connectivity index (χ4n) is 4.24. The van der Waals surface area contributed by atoms with Crippen LogP contribution in [0.1, 0.15) is 41.8 Å². The summed E-state index contributed by atoms with van der Waals surface area (Å²) in [6.45, 7) is 2.65. The minimum Gasteiger partial charge on any atom is -0.381 e. The van der Waals surface area contributed by atoms with Crippen LogP contribution in [0.25, 0.3) is 16.8 Å². The van der Waals surface area contributed by atoms with Crippen molar-refractivity contribution in [3.8, 4) is 11.3 Å². The van der Waals surface area contributed by atoms with E-state index >= 15 is 0 Å². The molecule has 0 aromatic carbocycles. The van der Waals surface area contributed by atoms with E-state index in [0.29, 0.717) is 43.4 Å². The van der Waals surface area contributed by atoms with E-state index in [-0.39, 0.29) is 23.9 Å². The predicted molar refractivity (Wildman–Crippen MR) is 95.8 cm³/mol. The Kier molecular flexibility index (Phi) is 4.28. The third-order valence-corrected chi connectivity index (χ3v) is 5.73. The summed E-state index contributed by atoms with van der Waals surface area (Å²) in [5.74, 6) is 0.245. The van der Waals surface area contributed by atoms with Crippen LogP contribution < -0.4 is 0 Å². The number of pyridine rings is 1. The van der Waals surface area contributed by atoms with E-state index in [1.54, 1.807) is 12.3 Å². The number of hydrogen-bond donors (Lipinski definition) is 0. The van der Waals surface area contributed by atoms with E-state index in [1.165, 1.54) is 6.08 Å². The fraction of sp³-hybridized carbons (Fsp3) is 0.500. The number of aromatic nitrogens is 3. The largest absolute Gasteiger partial charge is 0.416 e. The monoisotopic (exact) mass is 391 g/mol. The molecule has 0 saturated carbocycles. The molecule has 148 valence electrons. The van der Waals surface area contributed by atoms with Crippen molar-refractivity contribution >= 4 is 5.57 Å². The van der Waals surface area contributed by atoms with E-state index in [2.05, 4.69) is 4.98 Å². The third-order valence-electron chi connectivity index (χ3n) is 5.73. The highest BCUT2D eigenvalue weighted by Crippen LogP contribution is 2.41. The Morgan fingerprint density at radius 3 is 2.61 bits per heavy atom. The summed E-state index contributed by atoms with van der Waals surface area (Å²) in [6.07, 6.45) is 0.463. The predicted octanol–water partition coefficient (Wildman–Crippen LogP) is 3.91. The lowest BCUT2D eigenvalue weighted by Gasteiger charge is -2.16. The van der Waals surface area contributed by atoms with Crippen LogP contribution in [0.15, 0.2) is 24.4 Å². The molecule has 3 aliphatic rings. The highest BCUT2D eigenvalue weighted by molar-refractivity contribution is 5.78. The van der Waals surface area contributed by atoms with Gasteiger partial charge in [0.25, 0.3) is 0 Å². The van der Waals surface area contributed by atoms with Gasteiger partial charge in [-0.05, 0) is 25.0 Å². The first-order valence-electron chi connectivity index (χ1n) is 9.52. The Hall–Kier alpha value is -2.19. The van der Waals surface area contributed by atoms with Gasteiger partial charge in [-0.3, -0.25) is 9.67 Å². The molecule has 1 aliphatic carbocycles. The zero-order chi connectivity index (χ0) is 19.3. The molecule has 0 spiro atoms. The number of allylic oxidation sites excluding steroid dienone is 2. The van der Waals surface area contributed by atoms with Crippen LogP contribution in [0, 0.1) is 0 Å². The minimum absolute atomic E-state index is 0.150. The maximum absolute atomic E-state index is 13.3. The zero-order valence-electron chi connectivity index (χ0n) is 15.2. The average molecular weight is 391 g/mol. The molecular formula is C20H20F3N3O2. The van der Waals surface area contributed by atoms with E-state index < -0.39 is 11.7 Å². The molecule has 0 radical (unpaired) electrons. The second kappa shape index (κ2) is 6.70. The summed E-state index contributed by atoms with van der Waals surface area (Å²) in [5.41, 5.74) is 2.34. The molecule has 2 atom stereocenters. The van der Waals surface area contributed by atoms with Crippen molar-refractivity contribution in [2.24, 2.45) is 0 Å². The molecule has 2 fully saturated rings. The fourth-order valence-corrected chi connectivity index (χ4v) is 4.24. The summed E-state index contributed by atoms with van der Waals surface area (Å²) >= 11 is 0. The molecule has 2 aromatic rings. The van der Waals surface area contributed by atoms with Gasteiger partial charge in [-0.25, -0.2) is 0 Å². The second-order valence-electron chi connectivity index (χ2n) is 7.51. The number of fused-ring (bicyclic) bond motifs is 1. The van der Waals surface area contributed by atoms with Gasteiger partial charge < -0.3 is 9.47 Å². The molecule has 4 heterocycles. The lowest BCUT2D eigenvalue weighted by molar-refractivity contribution is -0.0687. The number of hydrogen-bond acceptors (Lipinski definition) is 4. The Morgan fingerprint density at radius 2 is 1.89 bits per heavy atom. The number of nitrogens with zero attached hydrogens (tertiary/aromatic N) is 3. The van der Waals surface area contributed by atoms with Gasteiger partial charge in [-0.2, -0.15) is 18.3 Å². The molecule has 0 unspecified atom stereocenters. The van der Waals surface area contributed by atoms with Crippen molar-refractivity contribution < 1.29 is 22.6 Å². The summed E-state index contributed by atoms with van der Waals surface area (Å²) in [7, 11) is 0. The van der Waals surface area contributed by atoms with Crippen LogP contribution in [0.5, 0.6) is 0 Å². The smallest absolute Gasteiger partial charge is 0.381 e. The lowest BCUT2D eigenvalue weighted by Crippen LogP contribution is -2.16. The Morgan fingerprint density at radius 1 is 1.07 bits per heavy atom. The van der Waals surface area contributed by atoms with Crippen molar-refractivity contribution in [3.63, 3.8) is 0 Å². The number of rotatable bonds is 3. The number of halogens is 3. The molecule has 0 bridgehead atoms. The molecule has 2 aromatic heterocycles. The van der Waals surface area contributed by atoms with Gasteiger partial charge in [-0.1, -0.05) is 6.08 Å². The van der Waals surface area contributed by atoms with Gasteiger partial charge in [0.05, 0.1) is 36.2 Å². The van der Waals surface area contributed by atoms with Gasteiger partial charge in [0.1, 0.15) is 0 Å². The van der Waals surface area contributed by atoms with Crippen molar-refractivity contribution in [1.29, 1.82) is 0 Å². The van der Waals surface area contributed by atoms with E-state index in [4.69, 9.17) is 14.6 Å². The first kappa shape index (κ1) is 17.9. The SMILES string of the molecule is FC(F)(F)C1=CCc2ncc(-c3cc([C@H]4CCOC4)n([C@H]4CCOC4)n3)cc21. The molecule has 0 N–H and O–H groups in total. The lowest BCUT2D eigenvalue weighted by atomic mass is 10.0.